The van der Waals surface area contributed by atoms with E-state index in [1.54, 1.807) is 36.4 Å². The molecular weight excluding hydrogens is 420 g/mol. The average Bonchev–Trinajstić information content (AvgIpc) is 2.76. The van der Waals surface area contributed by atoms with Crippen molar-refractivity contribution in [2.24, 2.45) is 0 Å². The first-order valence-corrected chi connectivity index (χ1v) is 10.7. The minimum atomic E-state index is -0.476. The monoisotopic (exact) mass is 444 g/mol. The predicted octanol–water partition coefficient (Wildman–Crippen LogP) is 4.75. The van der Waals surface area contributed by atoms with Crippen LogP contribution in [-0.2, 0) is 4.79 Å². The van der Waals surface area contributed by atoms with Crippen LogP contribution in [0.15, 0.2) is 42.5 Å². The number of hydrogen-bond acceptors (Lipinski definition) is 5. The lowest BCUT2D eigenvalue weighted by Crippen LogP contribution is -2.36. The number of rotatable bonds is 8. The zero-order valence-electron chi connectivity index (χ0n) is 17.0. The first-order valence-electron chi connectivity index (χ1n) is 10.3. The molecular formula is C22H25ClN4O4. The Morgan fingerprint density at radius 3 is 2.58 bits per heavy atom. The lowest BCUT2D eigenvalue weighted by Gasteiger charge is -2.23. The number of carbonyl (C=O) groups excluding carboxylic acids is 2. The number of benzene rings is 2. The third-order valence-electron chi connectivity index (χ3n) is 5.20. The quantitative estimate of drug-likeness (QED) is 0.401. The topological polar surface area (TPSA) is 113 Å². The number of hydrogen-bond donors (Lipinski definition) is 3. The van der Waals surface area contributed by atoms with Crippen LogP contribution < -0.4 is 16.0 Å². The molecule has 3 N–H and O–H groups in total. The highest BCUT2D eigenvalue weighted by Gasteiger charge is 2.19. The van der Waals surface area contributed by atoms with Crippen molar-refractivity contribution in [3.8, 4) is 0 Å². The molecule has 0 spiro atoms. The van der Waals surface area contributed by atoms with E-state index in [-0.39, 0.29) is 36.5 Å². The number of carbonyl (C=O) groups is 2. The summed E-state index contributed by atoms with van der Waals surface area (Å²) in [5.74, 6) is -0.530. The third kappa shape index (κ3) is 6.42. The molecule has 0 radical (unpaired) electrons. The van der Waals surface area contributed by atoms with Gasteiger partial charge in [0.1, 0.15) is 5.69 Å². The van der Waals surface area contributed by atoms with Crippen molar-refractivity contribution < 1.29 is 14.5 Å². The van der Waals surface area contributed by atoms with E-state index in [2.05, 4.69) is 16.0 Å². The minimum Gasteiger partial charge on any atom is -0.379 e. The van der Waals surface area contributed by atoms with E-state index in [1.807, 2.05) is 0 Å². The molecule has 2 aromatic carbocycles. The van der Waals surface area contributed by atoms with Crippen molar-refractivity contribution in [1.82, 2.24) is 5.32 Å². The fourth-order valence-electron chi connectivity index (χ4n) is 3.60. The number of amides is 2. The van der Waals surface area contributed by atoms with Crippen molar-refractivity contribution >= 4 is 40.5 Å². The number of nitrogens with one attached hydrogen (secondary N) is 3. The maximum atomic E-state index is 12.6. The fourth-order valence-corrected chi connectivity index (χ4v) is 3.81. The van der Waals surface area contributed by atoms with E-state index in [1.165, 1.54) is 12.5 Å². The van der Waals surface area contributed by atoms with Crippen LogP contribution in [0, 0.1) is 10.1 Å². The molecule has 1 aliphatic carbocycles. The molecule has 164 valence electrons. The van der Waals surface area contributed by atoms with E-state index in [0.717, 1.165) is 25.7 Å². The molecule has 0 bridgehead atoms. The molecule has 0 aromatic heterocycles. The Morgan fingerprint density at radius 1 is 1.10 bits per heavy atom. The van der Waals surface area contributed by atoms with Crippen molar-refractivity contribution in [3.63, 3.8) is 0 Å². The summed E-state index contributed by atoms with van der Waals surface area (Å²) in [7, 11) is 0. The van der Waals surface area contributed by atoms with Gasteiger partial charge in [-0.3, -0.25) is 19.7 Å². The molecule has 1 saturated carbocycles. The molecule has 0 saturated heterocycles. The summed E-state index contributed by atoms with van der Waals surface area (Å²) in [6.07, 6.45) is 5.43. The highest BCUT2D eigenvalue weighted by atomic mass is 35.5. The molecule has 0 unspecified atom stereocenters. The molecule has 2 aromatic rings. The second-order valence-electron chi connectivity index (χ2n) is 7.50. The second kappa shape index (κ2) is 10.8. The smallest absolute Gasteiger partial charge is 0.292 e. The van der Waals surface area contributed by atoms with Gasteiger partial charge in [0.05, 0.1) is 15.5 Å². The predicted molar refractivity (Wildman–Crippen MR) is 121 cm³/mol. The summed E-state index contributed by atoms with van der Waals surface area (Å²) in [6, 6.07) is 11.2. The molecule has 31 heavy (non-hydrogen) atoms. The number of halogens is 1. The van der Waals surface area contributed by atoms with Crippen LogP contribution in [0.5, 0.6) is 0 Å². The van der Waals surface area contributed by atoms with E-state index in [0.29, 0.717) is 22.0 Å². The lowest BCUT2D eigenvalue weighted by atomic mass is 9.95. The summed E-state index contributed by atoms with van der Waals surface area (Å²) >= 11 is 6.20. The van der Waals surface area contributed by atoms with Crippen molar-refractivity contribution in [2.75, 3.05) is 17.2 Å². The van der Waals surface area contributed by atoms with Gasteiger partial charge in [-0.05, 0) is 37.1 Å². The summed E-state index contributed by atoms with van der Waals surface area (Å²) in [5, 5.41) is 20.0. The summed E-state index contributed by atoms with van der Waals surface area (Å²) in [5.41, 5.74) is 1.10. The normalized spacial score (nSPS) is 14.0. The molecule has 1 fully saturated rings. The van der Waals surface area contributed by atoms with Gasteiger partial charge in [-0.15, -0.1) is 0 Å². The minimum absolute atomic E-state index is 0.0470. The van der Waals surface area contributed by atoms with Crippen LogP contribution in [-0.4, -0.2) is 29.3 Å². The highest BCUT2D eigenvalue weighted by Crippen LogP contribution is 2.24. The summed E-state index contributed by atoms with van der Waals surface area (Å²) in [6.45, 7) is 0.222. The fraction of sp³-hybridized carbons (Fsp3) is 0.364. The Kier molecular flexibility index (Phi) is 7.83. The van der Waals surface area contributed by atoms with Gasteiger partial charge in [0.2, 0.25) is 5.91 Å². The lowest BCUT2D eigenvalue weighted by molar-refractivity contribution is -0.384. The van der Waals surface area contributed by atoms with Crippen molar-refractivity contribution in [1.29, 1.82) is 0 Å². The number of nitro groups is 1. The molecule has 0 heterocycles. The number of nitrogens with zero attached hydrogens (tertiary/aromatic N) is 1. The van der Waals surface area contributed by atoms with Gasteiger partial charge >= 0.3 is 0 Å². The van der Waals surface area contributed by atoms with Gasteiger partial charge in [-0.2, -0.15) is 0 Å². The number of nitro benzene ring substituents is 1. The largest absolute Gasteiger partial charge is 0.379 e. The summed E-state index contributed by atoms with van der Waals surface area (Å²) < 4.78 is 0. The Balaban J connectivity index is 1.55. The van der Waals surface area contributed by atoms with Crippen LogP contribution in [0.25, 0.3) is 0 Å². The zero-order valence-corrected chi connectivity index (χ0v) is 17.8. The Morgan fingerprint density at radius 2 is 1.84 bits per heavy atom. The first kappa shape index (κ1) is 22.6. The Hall–Kier alpha value is -3.13. The standard InChI is InChI=1S/C22H25ClN4O4/c23-18-11-10-16(14-17(18)22(29)26-15-6-2-1-3-7-15)25-21(28)12-13-24-19-8-4-5-9-20(19)27(30)31/h4-5,8-11,14-15,24H,1-3,6-7,12-13H2,(H,25,28)(H,26,29). The number of anilines is 2. The van der Waals surface area contributed by atoms with E-state index in [9.17, 15) is 19.7 Å². The third-order valence-corrected chi connectivity index (χ3v) is 5.53. The van der Waals surface area contributed by atoms with E-state index < -0.39 is 4.92 Å². The van der Waals surface area contributed by atoms with Gasteiger partial charge in [0.25, 0.3) is 11.6 Å². The van der Waals surface area contributed by atoms with Gasteiger partial charge < -0.3 is 16.0 Å². The van der Waals surface area contributed by atoms with Crippen LogP contribution in [0.1, 0.15) is 48.9 Å². The number of para-hydroxylation sites is 2. The van der Waals surface area contributed by atoms with Crippen LogP contribution in [0.2, 0.25) is 5.02 Å². The second-order valence-corrected chi connectivity index (χ2v) is 7.91. The first-order chi connectivity index (χ1) is 14.9. The van der Waals surface area contributed by atoms with Gasteiger partial charge in [0.15, 0.2) is 0 Å². The molecule has 2 amide bonds. The Bertz CT molecular complexity index is 960. The highest BCUT2D eigenvalue weighted by molar-refractivity contribution is 6.34. The molecule has 8 nitrogen and oxygen atoms in total. The van der Waals surface area contributed by atoms with E-state index in [4.69, 9.17) is 11.6 Å². The zero-order chi connectivity index (χ0) is 22.2. The molecule has 9 heteroatoms. The van der Waals surface area contributed by atoms with E-state index >= 15 is 0 Å². The van der Waals surface area contributed by atoms with Gasteiger partial charge in [-0.1, -0.05) is 43.0 Å². The Labute approximate surface area is 185 Å². The van der Waals surface area contributed by atoms with Crippen LogP contribution in [0.3, 0.4) is 0 Å². The van der Waals surface area contributed by atoms with Gasteiger partial charge in [0, 0.05) is 30.8 Å². The average molecular weight is 445 g/mol. The van der Waals surface area contributed by atoms with Crippen molar-refractivity contribution in [2.45, 2.75) is 44.6 Å². The SMILES string of the molecule is O=C(CCNc1ccccc1[N+](=O)[O-])Nc1ccc(Cl)c(C(=O)NC2CCCCC2)c1. The van der Waals surface area contributed by atoms with Gasteiger partial charge in [-0.25, -0.2) is 0 Å². The van der Waals surface area contributed by atoms with Crippen molar-refractivity contribution in [3.05, 3.63) is 63.2 Å². The molecule has 1 aliphatic rings. The maximum Gasteiger partial charge on any atom is 0.292 e. The molecule has 0 atom stereocenters. The van der Waals surface area contributed by atoms with Crippen LogP contribution >= 0.6 is 11.6 Å². The van der Waals surface area contributed by atoms with Crippen LogP contribution in [0.4, 0.5) is 17.1 Å². The molecule has 3 rings (SSSR count). The summed E-state index contributed by atoms with van der Waals surface area (Å²) in [4.78, 5) is 35.5. The molecule has 0 aliphatic heterocycles. The maximum absolute atomic E-state index is 12.6.